The van der Waals surface area contributed by atoms with Crippen molar-refractivity contribution in [1.82, 2.24) is 0 Å². The molecule has 0 aliphatic carbocycles. The van der Waals surface area contributed by atoms with Crippen LogP contribution in [0.1, 0.15) is 33.1 Å². The Morgan fingerprint density at radius 1 is 0.900 bits per heavy atom. The fourth-order valence-corrected chi connectivity index (χ4v) is 4.47. The second-order valence-corrected chi connectivity index (χ2v) is 6.54. The molecule has 0 aliphatic heterocycles. The lowest BCUT2D eigenvalue weighted by Gasteiger charge is -1.96. The first-order chi connectivity index (χ1) is 4.91. The Hall–Kier alpha value is 1.05. The second kappa shape index (κ2) is 10.0. The van der Waals surface area contributed by atoms with Crippen molar-refractivity contribution in [3.63, 3.8) is 0 Å². The summed E-state index contributed by atoms with van der Waals surface area (Å²) in [4.78, 5) is 0. The molecule has 0 fully saturated rings. The molecule has 0 saturated carbocycles. The fourth-order valence-electron chi connectivity index (χ4n) is 0.389. The highest BCUT2D eigenvalue weighted by Gasteiger charge is 1.88. The third-order valence-corrected chi connectivity index (χ3v) is 5.50. The maximum Gasteiger partial charge on any atom is 0.00450 e. The van der Waals surface area contributed by atoms with Crippen LogP contribution in [0.2, 0.25) is 0 Å². The van der Waals surface area contributed by atoms with Gasteiger partial charge in [-0.15, -0.1) is 0 Å². The average Bonchev–Trinajstić information content (AvgIpc) is 1.97. The first kappa shape index (κ1) is 11.1. The summed E-state index contributed by atoms with van der Waals surface area (Å²) in [5.41, 5.74) is 0. The van der Waals surface area contributed by atoms with Gasteiger partial charge in [-0.25, -0.2) is 0 Å². The van der Waals surface area contributed by atoms with E-state index < -0.39 is 0 Å². The molecule has 0 bridgehead atoms. The third-order valence-electron chi connectivity index (χ3n) is 0.965. The van der Waals surface area contributed by atoms with Crippen LogP contribution >= 0.6 is 31.4 Å². The minimum Gasteiger partial charge on any atom is -0.0826 e. The van der Waals surface area contributed by atoms with E-state index in [1.165, 1.54) is 30.8 Å². The maximum atomic E-state index is 2.24. The lowest BCUT2D eigenvalue weighted by molar-refractivity contribution is 0.898. The molecular weight excluding hydrogens is 180 g/mol. The molecule has 10 heavy (non-hydrogen) atoms. The van der Waals surface area contributed by atoms with Gasteiger partial charge in [0.2, 0.25) is 0 Å². The molecule has 0 radical (unpaired) electrons. The van der Waals surface area contributed by atoms with Gasteiger partial charge in [-0.1, -0.05) is 41.9 Å². The van der Waals surface area contributed by atoms with Crippen molar-refractivity contribution in [1.29, 1.82) is 0 Å². The highest BCUT2D eigenvalue weighted by atomic mass is 33.5. The number of unbranched alkanes of at least 4 members (excludes halogenated alkanes) is 1. The zero-order valence-electron chi connectivity index (χ0n) is 6.76. The standard InChI is InChI=1S/C7H16S3/c1-3-5-7-9-10-8-6-4-2/h3-7H2,1-2H3. The van der Waals surface area contributed by atoms with Crippen molar-refractivity contribution in [3.05, 3.63) is 0 Å². The summed E-state index contributed by atoms with van der Waals surface area (Å²) in [6.45, 7) is 4.47. The first-order valence-corrected chi connectivity index (χ1v) is 7.65. The quantitative estimate of drug-likeness (QED) is 0.442. The van der Waals surface area contributed by atoms with Gasteiger partial charge in [0.25, 0.3) is 0 Å². The normalized spacial score (nSPS) is 10.2. The fraction of sp³-hybridized carbons (Fsp3) is 1.00. The van der Waals surface area contributed by atoms with Gasteiger partial charge in [0, 0.05) is 11.5 Å². The van der Waals surface area contributed by atoms with Crippen LogP contribution in [0.25, 0.3) is 0 Å². The van der Waals surface area contributed by atoms with E-state index >= 15 is 0 Å². The first-order valence-electron chi connectivity index (χ1n) is 3.82. The van der Waals surface area contributed by atoms with Crippen LogP contribution in [-0.4, -0.2) is 11.5 Å². The zero-order valence-corrected chi connectivity index (χ0v) is 9.21. The van der Waals surface area contributed by atoms with Gasteiger partial charge < -0.3 is 0 Å². The SMILES string of the molecule is CCCCSSSCCC. The van der Waals surface area contributed by atoms with Crippen molar-refractivity contribution in [2.75, 3.05) is 11.5 Å². The van der Waals surface area contributed by atoms with Crippen molar-refractivity contribution in [2.24, 2.45) is 0 Å². The van der Waals surface area contributed by atoms with Gasteiger partial charge in [0.05, 0.1) is 0 Å². The van der Waals surface area contributed by atoms with E-state index in [4.69, 9.17) is 0 Å². The minimum atomic E-state index is 1.30. The van der Waals surface area contributed by atoms with E-state index in [9.17, 15) is 0 Å². The Balaban J connectivity index is 2.65. The Morgan fingerprint density at radius 3 is 2.20 bits per heavy atom. The van der Waals surface area contributed by atoms with E-state index in [-0.39, 0.29) is 0 Å². The van der Waals surface area contributed by atoms with Crippen LogP contribution in [-0.2, 0) is 0 Å². The van der Waals surface area contributed by atoms with E-state index in [0.717, 1.165) is 0 Å². The molecule has 0 N–H and O–H groups in total. The molecule has 0 unspecified atom stereocenters. The molecule has 0 aliphatic rings. The summed E-state index contributed by atoms with van der Waals surface area (Å²) >= 11 is 0. The summed E-state index contributed by atoms with van der Waals surface area (Å²) in [5.74, 6) is 2.61. The Morgan fingerprint density at radius 2 is 1.60 bits per heavy atom. The number of hydrogen-bond donors (Lipinski definition) is 0. The molecule has 0 rings (SSSR count). The molecular formula is C7H16S3. The van der Waals surface area contributed by atoms with Gasteiger partial charge in [0.1, 0.15) is 0 Å². The average molecular weight is 196 g/mol. The summed E-state index contributed by atoms with van der Waals surface area (Å²) < 4.78 is 0. The molecule has 0 atom stereocenters. The van der Waals surface area contributed by atoms with Crippen molar-refractivity contribution in [2.45, 2.75) is 33.1 Å². The molecule has 0 amide bonds. The Bertz CT molecular complexity index is 48.8. The van der Waals surface area contributed by atoms with Crippen LogP contribution in [0.5, 0.6) is 0 Å². The van der Waals surface area contributed by atoms with Gasteiger partial charge in [0.15, 0.2) is 0 Å². The molecule has 0 spiro atoms. The van der Waals surface area contributed by atoms with Crippen molar-refractivity contribution >= 4 is 31.4 Å². The van der Waals surface area contributed by atoms with Gasteiger partial charge in [-0.3, -0.25) is 0 Å². The molecule has 0 aromatic rings. The maximum absolute atomic E-state index is 2.24. The number of rotatable bonds is 7. The summed E-state index contributed by atoms with van der Waals surface area (Å²) in [5, 5.41) is 0. The van der Waals surface area contributed by atoms with E-state index in [1.54, 1.807) is 0 Å². The molecule has 0 heterocycles. The molecule has 0 nitrogen and oxygen atoms in total. The van der Waals surface area contributed by atoms with Crippen LogP contribution < -0.4 is 0 Å². The molecule has 0 saturated heterocycles. The third kappa shape index (κ3) is 9.05. The Labute approximate surface area is 76.1 Å². The molecule has 62 valence electrons. The summed E-state index contributed by atoms with van der Waals surface area (Å²) in [6.07, 6.45) is 3.99. The van der Waals surface area contributed by atoms with Crippen LogP contribution in [0, 0.1) is 0 Å². The highest BCUT2D eigenvalue weighted by Crippen LogP contribution is 2.35. The van der Waals surface area contributed by atoms with E-state index in [0.29, 0.717) is 0 Å². The summed E-state index contributed by atoms with van der Waals surface area (Å²) in [7, 11) is 5.93. The predicted molar refractivity (Wildman–Crippen MR) is 57.7 cm³/mol. The smallest absolute Gasteiger partial charge is 0.00450 e. The summed E-state index contributed by atoms with van der Waals surface area (Å²) in [6, 6.07) is 0. The largest absolute Gasteiger partial charge is 0.0826 e. The van der Waals surface area contributed by atoms with Crippen molar-refractivity contribution < 1.29 is 0 Å². The molecule has 0 aromatic carbocycles. The van der Waals surface area contributed by atoms with E-state index in [1.807, 2.05) is 31.4 Å². The van der Waals surface area contributed by atoms with Gasteiger partial charge >= 0.3 is 0 Å². The van der Waals surface area contributed by atoms with E-state index in [2.05, 4.69) is 13.8 Å². The monoisotopic (exact) mass is 196 g/mol. The second-order valence-electron chi connectivity index (χ2n) is 2.07. The lowest BCUT2D eigenvalue weighted by Crippen LogP contribution is -1.71. The van der Waals surface area contributed by atoms with Crippen LogP contribution in [0.15, 0.2) is 0 Å². The molecule has 3 heteroatoms. The predicted octanol–water partition coefficient (Wildman–Crippen LogP) is 4.23. The van der Waals surface area contributed by atoms with Crippen LogP contribution in [0.4, 0.5) is 0 Å². The lowest BCUT2D eigenvalue weighted by atomic mass is 10.4. The van der Waals surface area contributed by atoms with Gasteiger partial charge in [-0.2, -0.15) is 0 Å². The number of hydrogen-bond acceptors (Lipinski definition) is 3. The van der Waals surface area contributed by atoms with Crippen LogP contribution in [0.3, 0.4) is 0 Å². The van der Waals surface area contributed by atoms with Crippen molar-refractivity contribution in [3.8, 4) is 0 Å². The molecule has 0 aromatic heterocycles. The topological polar surface area (TPSA) is 0 Å². The minimum absolute atomic E-state index is 1.30. The van der Waals surface area contributed by atoms with Gasteiger partial charge in [-0.05, 0) is 22.7 Å². The zero-order chi connectivity index (χ0) is 7.66. The Kier molecular flexibility index (Phi) is 11.1. The highest BCUT2D eigenvalue weighted by molar-refractivity contribution is 9.09.